The number of rotatable bonds is 2. The van der Waals surface area contributed by atoms with Crippen molar-refractivity contribution < 1.29 is 4.79 Å². The molecule has 1 heterocycles. The van der Waals surface area contributed by atoms with Crippen molar-refractivity contribution >= 4 is 5.91 Å². The van der Waals surface area contributed by atoms with Gasteiger partial charge in [0.1, 0.15) is 0 Å². The molecule has 2 aliphatic rings. The molecule has 0 spiro atoms. The summed E-state index contributed by atoms with van der Waals surface area (Å²) in [6, 6.07) is 16.7. The summed E-state index contributed by atoms with van der Waals surface area (Å²) in [5.41, 5.74) is 4.89. The molecular formula is C19H20N2O. The number of carbonyl (C=O) groups is 1. The number of carbonyl (C=O) groups excluding carboxylic acids is 1. The van der Waals surface area contributed by atoms with Gasteiger partial charge in [-0.1, -0.05) is 48.5 Å². The highest BCUT2D eigenvalue weighted by molar-refractivity contribution is 5.86. The second-order valence-corrected chi connectivity index (χ2v) is 6.25. The third-order valence-corrected chi connectivity index (χ3v) is 4.94. The number of benzene rings is 2. The first-order valence-electron chi connectivity index (χ1n) is 7.94. The number of nitrogens with one attached hydrogen (secondary N) is 1. The lowest BCUT2D eigenvalue weighted by Gasteiger charge is -2.22. The summed E-state index contributed by atoms with van der Waals surface area (Å²) in [7, 11) is 2.04. The molecule has 4 rings (SSSR count). The first kappa shape index (κ1) is 13.5. The van der Waals surface area contributed by atoms with E-state index >= 15 is 0 Å². The highest BCUT2D eigenvalue weighted by Crippen LogP contribution is 2.43. The molecule has 1 aliphatic carbocycles. The summed E-state index contributed by atoms with van der Waals surface area (Å²) in [6.07, 6.45) is 2.06. The van der Waals surface area contributed by atoms with E-state index in [2.05, 4.69) is 46.6 Å². The fourth-order valence-corrected chi connectivity index (χ4v) is 3.79. The Kier molecular flexibility index (Phi) is 3.23. The molecule has 1 aliphatic heterocycles. The Bertz CT molecular complexity index is 679. The normalized spacial score (nSPS) is 20.7. The molecule has 112 valence electrons. The van der Waals surface area contributed by atoms with E-state index in [1.807, 2.05) is 19.2 Å². The minimum absolute atomic E-state index is 0.0138. The SMILES string of the molecule is CN1CCC[C@H]1C(=O)NC1c2ccccc2-c2ccccc21. The summed E-state index contributed by atoms with van der Waals surface area (Å²) in [5, 5.41) is 3.28. The lowest BCUT2D eigenvalue weighted by atomic mass is 10.0. The van der Waals surface area contributed by atoms with Crippen LogP contribution >= 0.6 is 0 Å². The molecule has 3 nitrogen and oxygen atoms in total. The van der Waals surface area contributed by atoms with Crippen LogP contribution < -0.4 is 5.32 Å². The summed E-state index contributed by atoms with van der Waals surface area (Å²) in [4.78, 5) is 14.8. The number of likely N-dealkylation sites (N-methyl/N-ethyl adjacent to an activating group) is 1. The van der Waals surface area contributed by atoms with Gasteiger partial charge in [0.25, 0.3) is 0 Å². The van der Waals surface area contributed by atoms with E-state index in [4.69, 9.17) is 0 Å². The predicted octanol–water partition coefficient (Wildman–Crippen LogP) is 2.97. The third kappa shape index (κ3) is 2.04. The van der Waals surface area contributed by atoms with Crippen molar-refractivity contribution in [2.24, 2.45) is 0 Å². The van der Waals surface area contributed by atoms with E-state index in [-0.39, 0.29) is 18.0 Å². The van der Waals surface area contributed by atoms with Gasteiger partial charge in [0.15, 0.2) is 0 Å². The monoisotopic (exact) mass is 292 g/mol. The van der Waals surface area contributed by atoms with Crippen molar-refractivity contribution in [3.05, 3.63) is 59.7 Å². The van der Waals surface area contributed by atoms with E-state index < -0.39 is 0 Å². The van der Waals surface area contributed by atoms with Crippen molar-refractivity contribution in [3.8, 4) is 11.1 Å². The van der Waals surface area contributed by atoms with Crippen molar-refractivity contribution in [1.29, 1.82) is 0 Å². The van der Waals surface area contributed by atoms with Crippen LogP contribution in [0.1, 0.15) is 30.0 Å². The average molecular weight is 292 g/mol. The molecular weight excluding hydrogens is 272 g/mol. The second kappa shape index (κ2) is 5.25. The van der Waals surface area contributed by atoms with Crippen LogP contribution in [0.15, 0.2) is 48.5 Å². The number of fused-ring (bicyclic) bond motifs is 3. The van der Waals surface area contributed by atoms with Crippen LogP contribution in [0.3, 0.4) is 0 Å². The minimum atomic E-state index is -0.0195. The lowest BCUT2D eigenvalue weighted by Crippen LogP contribution is -2.42. The number of nitrogens with zero attached hydrogens (tertiary/aromatic N) is 1. The van der Waals surface area contributed by atoms with Crippen LogP contribution in [0.25, 0.3) is 11.1 Å². The van der Waals surface area contributed by atoms with E-state index in [0.29, 0.717) is 0 Å². The van der Waals surface area contributed by atoms with Gasteiger partial charge in [-0.15, -0.1) is 0 Å². The van der Waals surface area contributed by atoms with Gasteiger partial charge in [0.05, 0.1) is 12.1 Å². The minimum Gasteiger partial charge on any atom is -0.344 e. The van der Waals surface area contributed by atoms with Gasteiger partial charge in [0, 0.05) is 0 Å². The molecule has 2 aromatic rings. The maximum absolute atomic E-state index is 12.7. The van der Waals surface area contributed by atoms with Crippen LogP contribution in [-0.2, 0) is 4.79 Å². The number of amides is 1. The number of hydrogen-bond donors (Lipinski definition) is 1. The Morgan fingerprint density at radius 2 is 1.64 bits per heavy atom. The largest absolute Gasteiger partial charge is 0.344 e. The molecule has 22 heavy (non-hydrogen) atoms. The number of hydrogen-bond acceptors (Lipinski definition) is 2. The smallest absolute Gasteiger partial charge is 0.238 e. The van der Waals surface area contributed by atoms with Gasteiger partial charge in [-0.25, -0.2) is 0 Å². The van der Waals surface area contributed by atoms with Crippen molar-refractivity contribution in [2.75, 3.05) is 13.6 Å². The maximum Gasteiger partial charge on any atom is 0.238 e. The molecule has 1 fully saturated rings. The molecule has 0 bridgehead atoms. The van der Waals surface area contributed by atoms with E-state index in [9.17, 15) is 4.79 Å². The zero-order valence-electron chi connectivity index (χ0n) is 12.8. The molecule has 0 radical (unpaired) electrons. The molecule has 1 amide bonds. The summed E-state index contributed by atoms with van der Waals surface area (Å²) in [6.45, 7) is 1.01. The Balaban J connectivity index is 1.68. The summed E-state index contributed by atoms with van der Waals surface area (Å²) in [5.74, 6) is 0.150. The fourth-order valence-electron chi connectivity index (χ4n) is 3.79. The molecule has 0 aromatic heterocycles. The lowest BCUT2D eigenvalue weighted by molar-refractivity contribution is -0.125. The third-order valence-electron chi connectivity index (χ3n) is 4.94. The summed E-state index contributed by atoms with van der Waals surface area (Å²) < 4.78 is 0. The van der Waals surface area contributed by atoms with Crippen LogP contribution in [0, 0.1) is 0 Å². The van der Waals surface area contributed by atoms with Gasteiger partial charge in [-0.2, -0.15) is 0 Å². The Morgan fingerprint density at radius 3 is 2.18 bits per heavy atom. The standard InChI is InChI=1S/C19H20N2O/c1-21-12-6-11-17(21)19(22)20-18-15-9-4-2-7-13(15)14-8-3-5-10-16(14)18/h2-5,7-10,17-18H,6,11-12H2,1H3,(H,20,22)/t17-/m0/s1. The van der Waals surface area contributed by atoms with Crippen molar-refractivity contribution in [2.45, 2.75) is 24.9 Å². The topological polar surface area (TPSA) is 32.3 Å². The molecule has 0 unspecified atom stereocenters. The van der Waals surface area contributed by atoms with Gasteiger partial charge in [-0.05, 0) is 48.7 Å². The van der Waals surface area contributed by atoms with E-state index in [1.165, 1.54) is 22.3 Å². The zero-order chi connectivity index (χ0) is 15.1. The first-order chi connectivity index (χ1) is 10.8. The zero-order valence-corrected chi connectivity index (χ0v) is 12.8. The van der Waals surface area contributed by atoms with Crippen LogP contribution in [0.2, 0.25) is 0 Å². The van der Waals surface area contributed by atoms with Gasteiger partial charge in [0.2, 0.25) is 5.91 Å². The molecule has 2 aromatic carbocycles. The van der Waals surface area contributed by atoms with Crippen LogP contribution in [0.4, 0.5) is 0 Å². The fraction of sp³-hybridized carbons (Fsp3) is 0.316. The van der Waals surface area contributed by atoms with E-state index in [0.717, 1.165) is 19.4 Å². The Hall–Kier alpha value is -2.13. The Morgan fingerprint density at radius 1 is 1.05 bits per heavy atom. The Labute approximate surface area is 131 Å². The van der Waals surface area contributed by atoms with Gasteiger partial charge < -0.3 is 5.32 Å². The highest BCUT2D eigenvalue weighted by Gasteiger charge is 2.33. The maximum atomic E-state index is 12.7. The molecule has 1 saturated heterocycles. The first-order valence-corrected chi connectivity index (χ1v) is 7.94. The molecule has 0 saturated carbocycles. The molecule has 3 heteroatoms. The van der Waals surface area contributed by atoms with Crippen molar-refractivity contribution in [1.82, 2.24) is 10.2 Å². The quantitative estimate of drug-likeness (QED) is 0.923. The van der Waals surface area contributed by atoms with Crippen LogP contribution in [-0.4, -0.2) is 30.4 Å². The summed E-state index contributed by atoms with van der Waals surface area (Å²) >= 11 is 0. The van der Waals surface area contributed by atoms with Crippen LogP contribution in [0.5, 0.6) is 0 Å². The second-order valence-electron chi connectivity index (χ2n) is 6.25. The average Bonchev–Trinajstić information content (AvgIpc) is 3.11. The molecule has 1 atom stereocenters. The van der Waals surface area contributed by atoms with Gasteiger partial charge in [-0.3, -0.25) is 9.69 Å². The predicted molar refractivity (Wildman–Crippen MR) is 87.5 cm³/mol. The van der Waals surface area contributed by atoms with Gasteiger partial charge >= 0.3 is 0 Å². The highest BCUT2D eigenvalue weighted by atomic mass is 16.2. The van der Waals surface area contributed by atoms with Crippen molar-refractivity contribution in [3.63, 3.8) is 0 Å². The number of likely N-dealkylation sites (tertiary alicyclic amines) is 1. The van der Waals surface area contributed by atoms with E-state index in [1.54, 1.807) is 0 Å². The molecule has 1 N–H and O–H groups in total.